The van der Waals surface area contributed by atoms with E-state index in [2.05, 4.69) is 0 Å². The molecule has 0 aliphatic heterocycles. The molecule has 0 aliphatic carbocycles. The van der Waals surface area contributed by atoms with Crippen LogP contribution in [0.5, 0.6) is 0 Å². The minimum absolute atomic E-state index is 0.0860. The molecule has 0 atom stereocenters. The molecule has 0 fully saturated rings. The minimum Gasteiger partial charge on any atom is -0.466 e. The summed E-state index contributed by atoms with van der Waals surface area (Å²) in [5.74, 6) is -0.396. The molecular weight excluding hydrogens is 277 g/mol. The van der Waals surface area contributed by atoms with Crippen molar-refractivity contribution in [3.63, 3.8) is 0 Å². The Morgan fingerprint density at radius 3 is 2.63 bits per heavy atom. The molecule has 1 rings (SSSR count). The summed E-state index contributed by atoms with van der Waals surface area (Å²) in [6.07, 6.45) is 0.335. The third kappa shape index (κ3) is 6.00. The lowest BCUT2D eigenvalue weighted by Crippen LogP contribution is -2.07. The summed E-state index contributed by atoms with van der Waals surface area (Å²) in [5.41, 5.74) is -2.94. The minimum atomic E-state index is -4.33. The number of aryl methyl sites for hydroxylation is 2. The highest BCUT2D eigenvalue weighted by atomic mass is 32.2. The Hall–Kier alpha value is -1.17. The van der Waals surface area contributed by atoms with E-state index in [4.69, 9.17) is 4.74 Å². The lowest BCUT2D eigenvalue weighted by molar-refractivity contribution is -0.143. The first-order valence-electron chi connectivity index (χ1n) is 5.82. The Balaban J connectivity index is 2.79. The van der Waals surface area contributed by atoms with Gasteiger partial charge in [0.2, 0.25) is 0 Å². The van der Waals surface area contributed by atoms with Gasteiger partial charge in [-0.05, 0) is 43.7 Å². The zero-order valence-corrected chi connectivity index (χ0v) is 11.5. The number of alkyl halides is 3. The van der Waals surface area contributed by atoms with Gasteiger partial charge in [-0.1, -0.05) is 17.7 Å². The summed E-state index contributed by atoms with van der Waals surface area (Å²) in [6, 6.07) is 4.74. The van der Waals surface area contributed by atoms with Gasteiger partial charge in [0.15, 0.2) is 0 Å². The first kappa shape index (κ1) is 15.9. The summed E-state index contributed by atoms with van der Waals surface area (Å²) in [7, 11) is 0. The highest BCUT2D eigenvalue weighted by molar-refractivity contribution is 8.00. The molecule has 0 radical (unpaired) electrons. The summed E-state index contributed by atoms with van der Waals surface area (Å²) < 4.78 is 42.0. The number of ether oxygens (including phenoxy) is 1. The Labute approximate surface area is 114 Å². The third-order valence-corrected chi connectivity index (χ3v) is 3.20. The van der Waals surface area contributed by atoms with Crippen molar-refractivity contribution >= 4 is 17.7 Å². The summed E-state index contributed by atoms with van der Waals surface area (Å²) >= 11 is -0.151. The van der Waals surface area contributed by atoms with Gasteiger partial charge in [0.05, 0.1) is 6.61 Å². The van der Waals surface area contributed by atoms with E-state index in [1.807, 2.05) is 0 Å². The van der Waals surface area contributed by atoms with Crippen molar-refractivity contribution in [1.82, 2.24) is 0 Å². The molecule has 0 aliphatic rings. The first-order valence-corrected chi connectivity index (χ1v) is 6.64. The van der Waals surface area contributed by atoms with Crippen LogP contribution >= 0.6 is 11.8 Å². The van der Waals surface area contributed by atoms with Gasteiger partial charge in [-0.15, -0.1) is 0 Å². The van der Waals surface area contributed by atoms with Crippen molar-refractivity contribution in [3.8, 4) is 0 Å². The second-order valence-corrected chi connectivity index (χ2v) is 5.07. The van der Waals surface area contributed by atoms with Crippen LogP contribution in [0.15, 0.2) is 23.1 Å². The van der Waals surface area contributed by atoms with E-state index < -0.39 is 11.5 Å². The van der Waals surface area contributed by atoms with Gasteiger partial charge in [-0.25, -0.2) is 0 Å². The van der Waals surface area contributed by atoms with E-state index >= 15 is 0 Å². The number of esters is 1. The Kier molecular flexibility index (Phi) is 5.72. The SMILES string of the molecule is CCOC(=O)CCc1cc(C)ccc1SC(F)(F)F. The van der Waals surface area contributed by atoms with Crippen LogP contribution in [0.1, 0.15) is 24.5 Å². The molecule has 0 spiro atoms. The lowest BCUT2D eigenvalue weighted by atomic mass is 10.1. The molecule has 0 heterocycles. The normalized spacial score (nSPS) is 11.4. The van der Waals surface area contributed by atoms with Crippen LogP contribution in [0.4, 0.5) is 13.2 Å². The van der Waals surface area contributed by atoms with Gasteiger partial charge >= 0.3 is 11.5 Å². The molecule has 0 amide bonds. The lowest BCUT2D eigenvalue weighted by Gasteiger charge is -2.11. The molecule has 0 unspecified atom stereocenters. The molecule has 0 bridgehead atoms. The average molecular weight is 292 g/mol. The van der Waals surface area contributed by atoms with Crippen molar-refractivity contribution in [1.29, 1.82) is 0 Å². The monoisotopic (exact) mass is 292 g/mol. The van der Waals surface area contributed by atoms with Crippen molar-refractivity contribution in [2.24, 2.45) is 0 Å². The maximum atomic E-state index is 12.4. The van der Waals surface area contributed by atoms with Gasteiger partial charge in [-0.3, -0.25) is 4.79 Å². The fourth-order valence-corrected chi connectivity index (χ4v) is 2.28. The second-order valence-electron chi connectivity index (χ2n) is 3.96. The summed E-state index contributed by atoms with van der Waals surface area (Å²) in [6.45, 7) is 3.77. The van der Waals surface area contributed by atoms with E-state index in [1.54, 1.807) is 26.0 Å². The molecule has 0 aromatic heterocycles. The van der Waals surface area contributed by atoms with Crippen LogP contribution < -0.4 is 0 Å². The fourth-order valence-electron chi connectivity index (χ4n) is 1.60. The number of hydrogen-bond acceptors (Lipinski definition) is 3. The number of hydrogen-bond donors (Lipinski definition) is 0. The standard InChI is InChI=1S/C13H15F3O2S/c1-3-18-12(17)7-5-10-8-9(2)4-6-11(10)19-13(14,15)16/h4,6,8H,3,5,7H2,1-2H3. The largest absolute Gasteiger partial charge is 0.466 e. The average Bonchev–Trinajstić information content (AvgIpc) is 2.28. The van der Waals surface area contributed by atoms with Crippen LogP contribution in [0, 0.1) is 6.92 Å². The fraction of sp³-hybridized carbons (Fsp3) is 0.462. The number of benzene rings is 1. The third-order valence-electron chi connectivity index (χ3n) is 2.35. The van der Waals surface area contributed by atoms with Crippen LogP contribution in [0.3, 0.4) is 0 Å². The summed E-state index contributed by atoms with van der Waals surface area (Å²) in [4.78, 5) is 11.4. The van der Waals surface area contributed by atoms with Crippen LogP contribution in [0.2, 0.25) is 0 Å². The smallest absolute Gasteiger partial charge is 0.446 e. The molecule has 106 valence electrons. The van der Waals surface area contributed by atoms with E-state index in [0.717, 1.165) is 5.56 Å². The van der Waals surface area contributed by atoms with E-state index in [0.29, 0.717) is 5.56 Å². The van der Waals surface area contributed by atoms with Crippen LogP contribution in [-0.2, 0) is 16.0 Å². The van der Waals surface area contributed by atoms with Crippen molar-refractivity contribution in [2.75, 3.05) is 6.61 Å². The zero-order chi connectivity index (χ0) is 14.5. The first-order chi connectivity index (χ1) is 8.81. The number of rotatable bonds is 5. The van der Waals surface area contributed by atoms with Crippen LogP contribution in [0.25, 0.3) is 0 Å². The number of halogens is 3. The molecule has 6 heteroatoms. The van der Waals surface area contributed by atoms with E-state index in [1.165, 1.54) is 6.07 Å². The summed E-state index contributed by atoms with van der Waals surface area (Å²) in [5, 5.41) is 0. The van der Waals surface area contributed by atoms with Crippen molar-refractivity contribution in [3.05, 3.63) is 29.3 Å². The van der Waals surface area contributed by atoms with Crippen molar-refractivity contribution in [2.45, 2.75) is 37.1 Å². The number of carbonyl (C=O) groups excluding carboxylic acids is 1. The Bertz CT molecular complexity index is 444. The maximum absolute atomic E-state index is 12.4. The highest BCUT2D eigenvalue weighted by Crippen LogP contribution is 2.39. The highest BCUT2D eigenvalue weighted by Gasteiger charge is 2.30. The predicted octanol–water partition coefficient (Wildman–Crippen LogP) is 4.10. The molecule has 19 heavy (non-hydrogen) atoms. The second kappa shape index (κ2) is 6.84. The maximum Gasteiger partial charge on any atom is 0.446 e. The quantitative estimate of drug-likeness (QED) is 0.603. The number of carbonyl (C=O) groups is 1. The topological polar surface area (TPSA) is 26.3 Å². The van der Waals surface area contributed by atoms with E-state index in [9.17, 15) is 18.0 Å². The molecule has 0 saturated carbocycles. The van der Waals surface area contributed by atoms with Gasteiger partial charge < -0.3 is 4.74 Å². The molecule has 1 aromatic rings. The Morgan fingerprint density at radius 1 is 1.37 bits per heavy atom. The van der Waals surface area contributed by atoms with Gasteiger partial charge in [0, 0.05) is 11.3 Å². The van der Waals surface area contributed by atoms with Crippen molar-refractivity contribution < 1.29 is 22.7 Å². The van der Waals surface area contributed by atoms with Gasteiger partial charge in [0.25, 0.3) is 0 Å². The zero-order valence-electron chi connectivity index (χ0n) is 10.7. The molecule has 2 nitrogen and oxygen atoms in total. The van der Waals surface area contributed by atoms with Gasteiger partial charge in [-0.2, -0.15) is 13.2 Å². The molecule has 0 saturated heterocycles. The number of thioether (sulfide) groups is 1. The predicted molar refractivity (Wildman–Crippen MR) is 68.0 cm³/mol. The molecular formula is C13H15F3O2S. The van der Waals surface area contributed by atoms with Gasteiger partial charge in [0.1, 0.15) is 0 Å². The van der Waals surface area contributed by atoms with E-state index in [-0.39, 0.29) is 36.1 Å². The van der Waals surface area contributed by atoms with Crippen LogP contribution in [-0.4, -0.2) is 18.1 Å². The Morgan fingerprint density at radius 2 is 2.05 bits per heavy atom. The molecule has 1 aromatic carbocycles. The molecule has 0 N–H and O–H groups in total.